The Hall–Kier alpha value is -2.08. The molecule has 0 aliphatic rings. The van der Waals surface area contributed by atoms with Gasteiger partial charge in [-0.2, -0.15) is 13.2 Å². The molecule has 0 fully saturated rings. The summed E-state index contributed by atoms with van der Waals surface area (Å²) in [7, 11) is 1.54. The Morgan fingerprint density at radius 2 is 1.81 bits per heavy atom. The third-order valence-corrected chi connectivity index (χ3v) is 2.97. The number of nitrogens with zero attached hydrogens (tertiary/aromatic N) is 1. The molecule has 0 unspecified atom stereocenters. The molecule has 1 heterocycles. The summed E-state index contributed by atoms with van der Waals surface area (Å²) in [6.07, 6.45) is -2.66. The Morgan fingerprint density at radius 3 is 2.43 bits per heavy atom. The van der Waals surface area contributed by atoms with Gasteiger partial charge in [0, 0.05) is 24.8 Å². The lowest BCUT2D eigenvalue weighted by Gasteiger charge is -2.10. The first-order chi connectivity index (χ1) is 10.0. The fourth-order valence-corrected chi connectivity index (χ4v) is 1.90. The number of benzene rings is 1. The fraction of sp³-hybridized carbons (Fsp3) is 0.267. The molecule has 0 amide bonds. The van der Waals surface area contributed by atoms with Crippen LogP contribution in [0.5, 0.6) is 5.88 Å². The first-order valence-electron chi connectivity index (χ1n) is 6.35. The molecule has 2 aromatic rings. The van der Waals surface area contributed by atoms with Crippen molar-refractivity contribution in [2.75, 3.05) is 7.11 Å². The largest absolute Gasteiger partial charge is 0.481 e. The molecule has 0 spiro atoms. The number of hydrogen-bond acceptors (Lipinski definition) is 3. The average Bonchev–Trinajstić information content (AvgIpc) is 2.47. The fourth-order valence-electron chi connectivity index (χ4n) is 1.90. The Balaban J connectivity index is 1.92. The van der Waals surface area contributed by atoms with E-state index in [0.29, 0.717) is 19.0 Å². The molecule has 0 aliphatic carbocycles. The van der Waals surface area contributed by atoms with Crippen LogP contribution in [0.4, 0.5) is 13.2 Å². The highest BCUT2D eigenvalue weighted by Gasteiger charge is 2.29. The van der Waals surface area contributed by atoms with E-state index < -0.39 is 11.7 Å². The highest BCUT2D eigenvalue weighted by molar-refractivity contribution is 5.26. The molecule has 21 heavy (non-hydrogen) atoms. The van der Waals surface area contributed by atoms with Gasteiger partial charge in [0.2, 0.25) is 5.88 Å². The van der Waals surface area contributed by atoms with Gasteiger partial charge in [-0.3, -0.25) is 0 Å². The van der Waals surface area contributed by atoms with Gasteiger partial charge in [0.1, 0.15) is 0 Å². The zero-order valence-electron chi connectivity index (χ0n) is 11.4. The van der Waals surface area contributed by atoms with Crippen molar-refractivity contribution in [3.05, 3.63) is 59.3 Å². The highest BCUT2D eigenvalue weighted by Crippen LogP contribution is 2.29. The zero-order valence-corrected chi connectivity index (χ0v) is 11.4. The molecule has 0 saturated carbocycles. The van der Waals surface area contributed by atoms with Crippen molar-refractivity contribution < 1.29 is 17.9 Å². The molecule has 1 aromatic heterocycles. The van der Waals surface area contributed by atoms with Crippen LogP contribution in [0.1, 0.15) is 16.7 Å². The smallest absolute Gasteiger partial charge is 0.416 e. The van der Waals surface area contributed by atoms with E-state index in [1.165, 1.54) is 12.1 Å². The van der Waals surface area contributed by atoms with Gasteiger partial charge < -0.3 is 10.1 Å². The summed E-state index contributed by atoms with van der Waals surface area (Å²) < 4.78 is 42.4. The Bertz CT molecular complexity index is 582. The predicted molar refractivity (Wildman–Crippen MR) is 72.8 cm³/mol. The third-order valence-electron chi connectivity index (χ3n) is 2.97. The summed E-state index contributed by atoms with van der Waals surface area (Å²) in [6.45, 7) is 0.994. The molecule has 3 nitrogen and oxygen atoms in total. The lowest BCUT2D eigenvalue weighted by atomic mass is 10.1. The average molecular weight is 296 g/mol. The van der Waals surface area contributed by atoms with Crippen molar-refractivity contribution in [3.8, 4) is 5.88 Å². The molecule has 1 aromatic carbocycles. The molecular formula is C15H15F3N2O. The Labute approximate surface area is 120 Å². The Morgan fingerprint density at radius 1 is 1.10 bits per heavy atom. The minimum atomic E-state index is -4.30. The van der Waals surface area contributed by atoms with E-state index in [1.807, 2.05) is 6.07 Å². The van der Waals surface area contributed by atoms with Gasteiger partial charge >= 0.3 is 6.18 Å². The minimum absolute atomic E-state index is 0.468. The number of aromatic nitrogens is 1. The predicted octanol–water partition coefficient (Wildman–Crippen LogP) is 3.40. The topological polar surface area (TPSA) is 34.1 Å². The van der Waals surface area contributed by atoms with Crippen LogP contribution in [0.2, 0.25) is 0 Å². The van der Waals surface area contributed by atoms with E-state index >= 15 is 0 Å². The summed E-state index contributed by atoms with van der Waals surface area (Å²) in [5, 5.41) is 3.15. The molecular weight excluding hydrogens is 281 g/mol. The van der Waals surface area contributed by atoms with Gasteiger partial charge in [0.25, 0.3) is 0 Å². The lowest BCUT2D eigenvalue weighted by molar-refractivity contribution is -0.137. The molecule has 0 aliphatic heterocycles. The third kappa shape index (κ3) is 4.19. The van der Waals surface area contributed by atoms with E-state index in [9.17, 15) is 13.2 Å². The van der Waals surface area contributed by atoms with Crippen molar-refractivity contribution in [1.29, 1.82) is 0 Å². The molecule has 6 heteroatoms. The number of rotatable bonds is 5. The standard InChI is InChI=1S/C15H15F3N2O/c1-21-14-12(3-2-8-20-14)10-19-9-11-4-6-13(7-5-11)15(16,17)18/h2-8,19H,9-10H2,1H3. The molecule has 1 N–H and O–H groups in total. The van der Waals surface area contributed by atoms with Gasteiger partial charge in [-0.15, -0.1) is 0 Å². The number of nitrogens with one attached hydrogen (secondary N) is 1. The molecule has 2 rings (SSSR count). The molecule has 0 bridgehead atoms. The number of hydrogen-bond donors (Lipinski definition) is 1. The summed E-state index contributed by atoms with van der Waals surface area (Å²) in [5.74, 6) is 0.539. The SMILES string of the molecule is COc1ncccc1CNCc1ccc(C(F)(F)F)cc1. The number of halogens is 3. The second-order valence-corrected chi connectivity index (χ2v) is 4.47. The van der Waals surface area contributed by atoms with Crippen LogP contribution in [-0.4, -0.2) is 12.1 Å². The van der Waals surface area contributed by atoms with Crippen molar-refractivity contribution in [1.82, 2.24) is 10.3 Å². The van der Waals surface area contributed by atoms with E-state index in [2.05, 4.69) is 10.3 Å². The highest BCUT2D eigenvalue weighted by atomic mass is 19.4. The van der Waals surface area contributed by atoms with E-state index in [-0.39, 0.29) is 0 Å². The van der Waals surface area contributed by atoms with Gasteiger partial charge in [-0.1, -0.05) is 18.2 Å². The van der Waals surface area contributed by atoms with Crippen LogP contribution in [0.3, 0.4) is 0 Å². The minimum Gasteiger partial charge on any atom is -0.481 e. The first kappa shape index (κ1) is 15.3. The summed E-state index contributed by atoms with van der Waals surface area (Å²) >= 11 is 0. The normalized spacial score (nSPS) is 11.4. The number of alkyl halides is 3. The van der Waals surface area contributed by atoms with Crippen LogP contribution < -0.4 is 10.1 Å². The van der Waals surface area contributed by atoms with Crippen LogP contribution in [-0.2, 0) is 19.3 Å². The Kier molecular flexibility index (Phi) is 4.80. The van der Waals surface area contributed by atoms with Crippen LogP contribution in [0, 0.1) is 0 Å². The van der Waals surface area contributed by atoms with Crippen LogP contribution in [0.25, 0.3) is 0 Å². The summed E-state index contributed by atoms with van der Waals surface area (Å²) in [5.41, 5.74) is 1.04. The molecule has 0 radical (unpaired) electrons. The maximum Gasteiger partial charge on any atom is 0.416 e. The second-order valence-electron chi connectivity index (χ2n) is 4.47. The van der Waals surface area contributed by atoms with Crippen molar-refractivity contribution >= 4 is 0 Å². The van der Waals surface area contributed by atoms with Crippen LogP contribution in [0.15, 0.2) is 42.6 Å². The summed E-state index contributed by atoms with van der Waals surface area (Å²) in [4.78, 5) is 4.07. The number of methoxy groups -OCH3 is 1. The molecule has 0 atom stereocenters. The monoisotopic (exact) mass is 296 g/mol. The maximum atomic E-state index is 12.4. The second kappa shape index (κ2) is 6.58. The van der Waals surface area contributed by atoms with Gasteiger partial charge in [0.05, 0.1) is 12.7 Å². The molecule has 0 saturated heterocycles. The quantitative estimate of drug-likeness (QED) is 0.918. The van der Waals surface area contributed by atoms with E-state index in [4.69, 9.17) is 4.74 Å². The van der Waals surface area contributed by atoms with Crippen LogP contribution >= 0.6 is 0 Å². The number of pyridine rings is 1. The van der Waals surface area contributed by atoms with Gasteiger partial charge in [-0.25, -0.2) is 4.98 Å². The lowest BCUT2D eigenvalue weighted by Crippen LogP contribution is -2.14. The summed E-state index contributed by atoms with van der Waals surface area (Å²) in [6, 6.07) is 8.79. The molecule has 112 valence electrons. The van der Waals surface area contributed by atoms with Gasteiger partial charge in [-0.05, 0) is 23.8 Å². The first-order valence-corrected chi connectivity index (χ1v) is 6.35. The van der Waals surface area contributed by atoms with Crippen molar-refractivity contribution in [3.63, 3.8) is 0 Å². The van der Waals surface area contributed by atoms with E-state index in [0.717, 1.165) is 23.3 Å². The van der Waals surface area contributed by atoms with E-state index in [1.54, 1.807) is 19.4 Å². The zero-order chi connectivity index (χ0) is 15.3. The van der Waals surface area contributed by atoms with Gasteiger partial charge in [0.15, 0.2) is 0 Å². The number of ether oxygens (including phenoxy) is 1. The maximum absolute atomic E-state index is 12.4. The van der Waals surface area contributed by atoms with Crippen molar-refractivity contribution in [2.45, 2.75) is 19.3 Å². The van der Waals surface area contributed by atoms with Crippen molar-refractivity contribution in [2.24, 2.45) is 0 Å².